The Kier molecular flexibility index (Phi) is 2.87. The Morgan fingerprint density at radius 3 is 2.75 bits per heavy atom. The minimum Gasteiger partial charge on any atom is -0.436 e. The van der Waals surface area contributed by atoms with E-state index in [9.17, 15) is 0 Å². The second kappa shape index (κ2) is 4.32. The second-order valence-electron chi connectivity index (χ2n) is 3.70. The number of rotatable bonds is 3. The SMILES string of the molecule is Cc1cc(Oc2ccc([C@H](C)N)nc2)n[nH]1. The normalized spacial score (nSPS) is 12.4. The number of nitrogens with two attached hydrogens (primary N) is 1. The van der Waals surface area contributed by atoms with E-state index in [0.717, 1.165) is 11.4 Å². The Morgan fingerprint density at radius 2 is 2.25 bits per heavy atom. The van der Waals surface area contributed by atoms with Crippen molar-refractivity contribution in [3.05, 3.63) is 35.8 Å². The number of aromatic nitrogens is 3. The first-order chi connectivity index (χ1) is 7.65. The van der Waals surface area contributed by atoms with Crippen LogP contribution >= 0.6 is 0 Å². The van der Waals surface area contributed by atoms with Crippen LogP contribution in [0.2, 0.25) is 0 Å². The fourth-order valence-electron chi connectivity index (χ4n) is 1.29. The molecule has 0 radical (unpaired) electrons. The molecule has 84 valence electrons. The summed E-state index contributed by atoms with van der Waals surface area (Å²) < 4.78 is 5.49. The van der Waals surface area contributed by atoms with Crippen molar-refractivity contribution in [1.82, 2.24) is 15.2 Å². The molecule has 0 saturated heterocycles. The molecule has 2 aromatic heterocycles. The highest BCUT2D eigenvalue weighted by Gasteiger charge is 2.03. The third-order valence-corrected chi connectivity index (χ3v) is 2.13. The van der Waals surface area contributed by atoms with E-state index in [-0.39, 0.29) is 6.04 Å². The molecule has 2 rings (SSSR count). The van der Waals surface area contributed by atoms with Gasteiger partial charge in [-0.15, -0.1) is 5.10 Å². The maximum Gasteiger partial charge on any atom is 0.238 e. The smallest absolute Gasteiger partial charge is 0.238 e. The fourth-order valence-corrected chi connectivity index (χ4v) is 1.29. The van der Waals surface area contributed by atoms with Crippen LogP contribution in [0.1, 0.15) is 24.4 Å². The van der Waals surface area contributed by atoms with E-state index >= 15 is 0 Å². The highest BCUT2D eigenvalue weighted by atomic mass is 16.5. The summed E-state index contributed by atoms with van der Waals surface area (Å²) in [5.41, 5.74) is 7.49. The highest BCUT2D eigenvalue weighted by molar-refractivity contribution is 5.26. The predicted molar refractivity (Wildman–Crippen MR) is 60.2 cm³/mol. The molecule has 0 bridgehead atoms. The number of pyridine rings is 1. The summed E-state index contributed by atoms with van der Waals surface area (Å²) >= 11 is 0. The minimum absolute atomic E-state index is 0.0679. The summed E-state index contributed by atoms with van der Waals surface area (Å²) in [5, 5.41) is 6.77. The standard InChI is InChI=1S/C11H14N4O/c1-7-5-11(15-14-7)16-9-3-4-10(8(2)12)13-6-9/h3-6,8H,12H2,1-2H3,(H,14,15)/t8-/m0/s1. The minimum atomic E-state index is -0.0679. The van der Waals surface area contributed by atoms with Crippen molar-refractivity contribution in [1.29, 1.82) is 0 Å². The topological polar surface area (TPSA) is 76.8 Å². The van der Waals surface area contributed by atoms with Gasteiger partial charge >= 0.3 is 0 Å². The van der Waals surface area contributed by atoms with Gasteiger partial charge in [0.1, 0.15) is 5.75 Å². The van der Waals surface area contributed by atoms with Crippen LogP contribution < -0.4 is 10.5 Å². The molecule has 0 saturated carbocycles. The van der Waals surface area contributed by atoms with E-state index < -0.39 is 0 Å². The molecule has 0 aliphatic rings. The van der Waals surface area contributed by atoms with Crippen molar-refractivity contribution in [2.24, 2.45) is 5.73 Å². The molecule has 0 unspecified atom stereocenters. The summed E-state index contributed by atoms with van der Waals surface area (Å²) in [7, 11) is 0. The molecule has 2 aromatic rings. The molecular formula is C11H14N4O. The highest BCUT2D eigenvalue weighted by Crippen LogP contribution is 2.19. The van der Waals surface area contributed by atoms with Crippen LogP contribution in [-0.2, 0) is 0 Å². The van der Waals surface area contributed by atoms with Crippen LogP contribution in [0.4, 0.5) is 0 Å². The molecule has 0 amide bonds. The van der Waals surface area contributed by atoms with Crippen molar-refractivity contribution in [2.75, 3.05) is 0 Å². The van der Waals surface area contributed by atoms with Crippen LogP contribution in [-0.4, -0.2) is 15.2 Å². The number of hydrogen-bond acceptors (Lipinski definition) is 4. The molecule has 5 nitrogen and oxygen atoms in total. The fraction of sp³-hybridized carbons (Fsp3) is 0.273. The molecule has 0 aromatic carbocycles. The zero-order valence-electron chi connectivity index (χ0n) is 9.27. The Morgan fingerprint density at radius 1 is 1.44 bits per heavy atom. The van der Waals surface area contributed by atoms with E-state index in [1.165, 1.54) is 0 Å². The van der Waals surface area contributed by atoms with Crippen molar-refractivity contribution >= 4 is 0 Å². The molecule has 2 heterocycles. The second-order valence-corrected chi connectivity index (χ2v) is 3.70. The average Bonchev–Trinajstić information content (AvgIpc) is 2.65. The van der Waals surface area contributed by atoms with Gasteiger partial charge in [-0.05, 0) is 26.0 Å². The predicted octanol–water partition coefficient (Wildman–Crippen LogP) is 1.93. The summed E-state index contributed by atoms with van der Waals surface area (Å²) in [6, 6.07) is 5.43. The van der Waals surface area contributed by atoms with Crippen molar-refractivity contribution in [2.45, 2.75) is 19.9 Å². The lowest BCUT2D eigenvalue weighted by molar-refractivity contribution is 0.458. The largest absolute Gasteiger partial charge is 0.436 e. The summed E-state index contributed by atoms with van der Waals surface area (Å²) in [5.74, 6) is 1.18. The van der Waals surface area contributed by atoms with Crippen molar-refractivity contribution in [3.8, 4) is 11.6 Å². The van der Waals surface area contributed by atoms with Gasteiger partial charge in [0.25, 0.3) is 0 Å². The van der Waals surface area contributed by atoms with E-state index in [4.69, 9.17) is 10.5 Å². The van der Waals surface area contributed by atoms with Crippen LogP contribution in [0.5, 0.6) is 11.6 Å². The summed E-state index contributed by atoms with van der Waals surface area (Å²) in [6.07, 6.45) is 1.64. The lowest BCUT2D eigenvalue weighted by atomic mass is 10.2. The molecular weight excluding hydrogens is 204 g/mol. The monoisotopic (exact) mass is 218 g/mol. The maximum absolute atomic E-state index is 5.70. The van der Waals surface area contributed by atoms with E-state index in [1.807, 2.05) is 32.0 Å². The number of aryl methyl sites for hydroxylation is 1. The summed E-state index contributed by atoms with van der Waals surface area (Å²) in [6.45, 7) is 3.80. The van der Waals surface area contributed by atoms with Crippen molar-refractivity contribution < 1.29 is 4.74 Å². The van der Waals surface area contributed by atoms with Gasteiger partial charge in [0.05, 0.1) is 11.9 Å². The van der Waals surface area contributed by atoms with Gasteiger partial charge in [0.15, 0.2) is 0 Å². The Labute approximate surface area is 93.7 Å². The molecule has 1 atom stereocenters. The van der Waals surface area contributed by atoms with Gasteiger partial charge in [-0.3, -0.25) is 10.1 Å². The van der Waals surface area contributed by atoms with Crippen LogP contribution in [0.25, 0.3) is 0 Å². The maximum atomic E-state index is 5.70. The van der Waals surface area contributed by atoms with E-state index in [0.29, 0.717) is 11.6 Å². The molecule has 0 spiro atoms. The van der Waals surface area contributed by atoms with Crippen LogP contribution in [0.15, 0.2) is 24.4 Å². The molecule has 0 aliphatic carbocycles. The van der Waals surface area contributed by atoms with Gasteiger partial charge in [0, 0.05) is 17.8 Å². The van der Waals surface area contributed by atoms with Crippen molar-refractivity contribution in [3.63, 3.8) is 0 Å². The number of aromatic amines is 1. The Hall–Kier alpha value is -1.88. The zero-order chi connectivity index (χ0) is 11.5. The Balaban J connectivity index is 2.11. The molecule has 5 heteroatoms. The van der Waals surface area contributed by atoms with Crippen LogP contribution in [0, 0.1) is 6.92 Å². The average molecular weight is 218 g/mol. The first-order valence-corrected chi connectivity index (χ1v) is 5.06. The van der Waals surface area contributed by atoms with E-state index in [1.54, 1.807) is 6.20 Å². The van der Waals surface area contributed by atoms with Gasteiger partial charge < -0.3 is 10.5 Å². The number of ether oxygens (including phenoxy) is 1. The van der Waals surface area contributed by atoms with Gasteiger partial charge in [-0.1, -0.05) is 0 Å². The lowest BCUT2D eigenvalue weighted by Crippen LogP contribution is -2.06. The molecule has 16 heavy (non-hydrogen) atoms. The number of nitrogens with zero attached hydrogens (tertiary/aromatic N) is 2. The Bertz CT molecular complexity index is 461. The van der Waals surface area contributed by atoms with E-state index in [2.05, 4.69) is 15.2 Å². The molecule has 0 aliphatic heterocycles. The lowest BCUT2D eigenvalue weighted by Gasteiger charge is -2.05. The molecule has 0 fully saturated rings. The quantitative estimate of drug-likeness (QED) is 0.825. The van der Waals surface area contributed by atoms with Gasteiger partial charge in [-0.2, -0.15) is 0 Å². The third-order valence-electron chi connectivity index (χ3n) is 2.13. The number of nitrogens with one attached hydrogen (secondary N) is 1. The van der Waals surface area contributed by atoms with Crippen LogP contribution in [0.3, 0.4) is 0 Å². The van der Waals surface area contributed by atoms with Gasteiger partial charge in [0.2, 0.25) is 5.88 Å². The number of hydrogen-bond donors (Lipinski definition) is 2. The van der Waals surface area contributed by atoms with Gasteiger partial charge in [-0.25, -0.2) is 0 Å². The first kappa shape index (κ1) is 10.6. The third kappa shape index (κ3) is 2.38. The summed E-state index contributed by atoms with van der Waals surface area (Å²) in [4.78, 5) is 4.19. The number of H-pyrrole nitrogens is 1. The zero-order valence-corrected chi connectivity index (χ0v) is 9.27. The first-order valence-electron chi connectivity index (χ1n) is 5.06. The molecule has 3 N–H and O–H groups in total.